The summed E-state index contributed by atoms with van der Waals surface area (Å²) in [6.45, 7) is 6.20. The monoisotopic (exact) mass is 490 g/mol. The van der Waals surface area contributed by atoms with E-state index in [0.717, 1.165) is 63.4 Å². The minimum Gasteiger partial charge on any atom is -0.492 e. The second-order valence-corrected chi connectivity index (χ2v) is 10.7. The largest absolute Gasteiger partial charge is 0.492 e. The van der Waals surface area contributed by atoms with Crippen LogP contribution in [0.1, 0.15) is 35.3 Å². The molecule has 9 nitrogen and oxygen atoms in total. The Bertz CT molecular complexity index is 1070. The smallest absolute Gasteiger partial charge is 0.268 e. The number of nitrogens with zero attached hydrogens (tertiary/aromatic N) is 3. The number of ether oxygens (including phenoxy) is 2. The Hall–Kier alpha value is -2.40. The fourth-order valence-corrected chi connectivity index (χ4v) is 5.88. The molecule has 34 heavy (non-hydrogen) atoms. The average Bonchev–Trinajstić information content (AvgIpc) is 3.26. The zero-order valence-electron chi connectivity index (χ0n) is 19.7. The van der Waals surface area contributed by atoms with E-state index in [0.29, 0.717) is 31.9 Å². The predicted octanol–water partition coefficient (Wildman–Crippen LogP) is 1.84. The summed E-state index contributed by atoms with van der Waals surface area (Å²) in [4.78, 5) is 15.3. The van der Waals surface area contributed by atoms with Gasteiger partial charge in [0.1, 0.15) is 22.9 Å². The summed E-state index contributed by atoms with van der Waals surface area (Å²) in [6.07, 6.45) is 4.31. The molecule has 0 spiro atoms. The van der Waals surface area contributed by atoms with E-state index in [1.54, 1.807) is 11.6 Å². The molecule has 0 saturated carbocycles. The fourth-order valence-electron chi connectivity index (χ4n) is 4.29. The van der Waals surface area contributed by atoms with Crippen LogP contribution in [0.4, 0.5) is 0 Å². The van der Waals surface area contributed by atoms with E-state index in [1.165, 1.54) is 16.6 Å². The van der Waals surface area contributed by atoms with Crippen LogP contribution in [0.25, 0.3) is 0 Å². The van der Waals surface area contributed by atoms with E-state index < -0.39 is 10.0 Å². The number of nitrogens with one attached hydrogen (secondary N) is 1. The quantitative estimate of drug-likeness (QED) is 0.577. The second-order valence-electron chi connectivity index (χ2n) is 8.77. The standard InChI is InChI=1S/C24H34N4O5S/c1-26-19-22(34(30,31)28-8-3-2-4-9-28)17-23(26)24(29)25-18-20-6-5-7-21(16-20)33-15-12-27-10-13-32-14-11-27/h5-7,16-17,19H,2-4,8-15,18H2,1H3,(H,25,29). The number of aromatic nitrogens is 1. The van der Waals surface area contributed by atoms with Crippen molar-refractivity contribution in [3.8, 4) is 5.75 Å². The summed E-state index contributed by atoms with van der Waals surface area (Å²) in [7, 11) is -1.89. The number of rotatable bonds is 9. The maximum Gasteiger partial charge on any atom is 0.268 e. The number of carbonyl (C=O) groups is 1. The SMILES string of the molecule is Cn1cc(S(=O)(=O)N2CCCCC2)cc1C(=O)NCc1cccc(OCCN2CCOCC2)c1. The molecule has 0 aliphatic carbocycles. The van der Waals surface area contributed by atoms with Crippen LogP contribution in [0.15, 0.2) is 41.4 Å². The molecule has 2 fully saturated rings. The molecule has 0 bridgehead atoms. The van der Waals surface area contributed by atoms with Gasteiger partial charge >= 0.3 is 0 Å². The van der Waals surface area contributed by atoms with E-state index in [1.807, 2.05) is 24.3 Å². The lowest BCUT2D eigenvalue weighted by Crippen LogP contribution is -2.38. The van der Waals surface area contributed by atoms with E-state index in [2.05, 4.69) is 10.2 Å². The first kappa shape index (κ1) is 24.7. The zero-order valence-corrected chi connectivity index (χ0v) is 20.6. The summed E-state index contributed by atoms with van der Waals surface area (Å²) < 4.78 is 40.2. The molecule has 2 aromatic rings. The zero-order chi connectivity index (χ0) is 24.0. The van der Waals surface area contributed by atoms with E-state index in [4.69, 9.17) is 9.47 Å². The molecule has 0 radical (unpaired) electrons. The third-order valence-electron chi connectivity index (χ3n) is 6.30. The highest BCUT2D eigenvalue weighted by Crippen LogP contribution is 2.22. The van der Waals surface area contributed by atoms with Crippen molar-refractivity contribution in [1.29, 1.82) is 0 Å². The van der Waals surface area contributed by atoms with Gasteiger partial charge < -0.3 is 19.4 Å². The molecule has 0 atom stereocenters. The Kier molecular flexibility index (Phi) is 8.25. The molecule has 4 rings (SSSR count). The van der Waals surface area contributed by atoms with Gasteiger partial charge in [0.2, 0.25) is 10.0 Å². The Balaban J connectivity index is 1.31. The average molecular weight is 491 g/mol. The van der Waals surface area contributed by atoms with Crippen LogP contribution in [0.2, 0.25) is 0 Å². The normalized spacial score (nSPS) is 18.0. The molecule has 1 N–H and O–H groups in total. The van der Waals surface area contributed by atoms with Crippen molar-refractivity contribution < 1.29 is 22.7 Å². The topological polar surface area (TPSA) is 93.1 Å². The van der Waals surface area contributed by atoms with Gasteiger partial charge in [-0.15, -0.1) is 0 Å². The molecular formula is C24H34N4O5S. The second kappa shape index (κ2) is 11.4. The number of carbonyl (C=O) groups excluding carboxylic acids is 1. The summed E-state index contributed by atoms with van der Waals surface area (Å²) >= 11 is 0. The fraction of sp³-hybridized carbons (Fsp3) is 0.542. The maximum atomic E-state index is 12.9. The lowest BCUT2D eigenvalue weighted by Gasteiger charge is -2.26. The number of hydrogen-bond donors (Lipinski definition) is 1. The van der Waals surface area contributed by atoms with Gasteiger partial charge in [-0.3, -0.25) is 9.69 Å². The molecule has 1 aromatic carbocycles. The van der Waals surface area contributed by atoms with Crippen LogP contribution in [0.3, 0.4) is 0 Å². The van der Waals surface area contributed by atoms with Crippen molar-refractivity contribution >= 4 is 15.9 Å². The third-order valence-corrected chi connectivity index (χ3v) is 8.16. The van der Waals surface area contributed by atoms with Crippen molar-refractivity contribution in [2.75, 3.05) is 52.5 Å². The minimum atomic E-state index is -3.58. The van der Waals surface area contributed by atoms with Crippen molar-refractivity contribution in [2.24, 2.45) is 7.05 Å². The number of benzene rings is 1. The van der Waals surface area contributed by atoms with Gasteiger partial charge in [0.05, 0.1) is 13.2 Å². The van der Waals surface area contributed by atoms with E-state index >= 15 is 0 Å². The van der Waals surface area contributed by atoms with Gasteiger partial charge in [-0.25, -0.2) is 8.42 Å². The Morgan fingerprint density at radius 3 is 2.62 bits per heavy atom. The number of amides is 1. The lowest BCUT2D eigenvalue weighted by atomic mass is 10.2. The highest BCUT2D eigenvalue weighted by atomic mass is 32.2. The Labute approximate surface area is 201 Å². The number of aryl methyl sites for hydroxylation is 1. The summed E-state index contributed by atoms with van der Waals surface area (Å²) in [5.74, 6) is 0.440. The molecular weight excluding hydrogens is 456 g/mol. The van der Waals surface area contributed by atoms with Crippen LogP contribution in [-0.4, -0.2) is 80.6 Å². The maximum absolute atomic E-state index is 12.9. The van der Waals surface area contributed by atoms with Crippen LogP contribution < -0.4 is 10.1 Å². The number of sulfonamides is 1. The van der Waals surface area contributed by atoms with Crippen LogP contribution >= 0.6 is 0 Å². The highest BCUT2D eigenvalue weighted by Gasteiger charge is 2.28. The molecule has 186 valence electrons. The number of piperidine rings is 1. The van der Waals surface area contributed by atoms with Gasteiger partial charge in [0, 0.05) is 52.5 Å². The van der Waals surface area contributed by atoms with Crippen molar-refractivity contribution in [1.82, 2.24) is 19.1 Å². The molecule has 2 aliphatic heterocycles. The van der Waals surface area contributed by atoms with Gasteiger partial charge in [0.25, 0.3) is 5.91 Å². The van der Waals surface area contributed by atoms with Crippen molar-refractivity contribution in [2.45, 2.75) is 30.7 Å². The van der Waals surface area contributed by atoms with Crippen LogP contribution in [0, 0.1) is 0 Å². The summed E-state index contributed by atoms with van der Waals surface area (Å²) in [5.41, 5.74) is 1.22. The van der Waals surface area contributed by atoms with E-state index in [9.17, 15) is 13.2 Å². The number of hydrogen-bond acceptors (Lipinski definition) is 6. The molecule has 3 heterocycles. The summed E-state index contributed by atoms with van der Waals surface area (Å²) in [6, 6.07) is 9.10. The third kappa shape index (κ3) is 6.18. The molecule has 2 saturated heterocycles. The lowest BCUT2D eigenvalue weighted by molar-refractivity contribution is 0.0322. The van der Waals surface area contributed by atoms with E-state index in [-0.39, 0.29) is 10.8 Å². The molecule has 10 heteroatoms. The van der Waals surface area contributed by atoms with Gasteiger partial charge in [-0.1, -0.05) is 18.6 Å². The van der Waals surface area contributed by atoms with Crippen molar-refractivity contribution in [3.63, 3.8) is 0 Å². The molecule has 1 amide bonds. The summed E-state index contributed by atoms with van der Waals surface area (Å²) in [5, 5.41) is 2.89. The Morgan fingerprint density at radius 2 is 1.85 bits per heavy atom. The predicted molar refractivity (Wildman–Crippen MR) is 128 cm³/mol. The highest BCUT2D eigenvalue weighted by molar-refractivity contribution is 7.89. The first-order chi connectivity index (χ1) is 16.4. The number of morpholine rings is 1. The van der Waals surface area contributed by atoms with Gasteiger partial charge in [-0.2, -0.15) is 4.31 Å². The molecule has 2 aliphatic rings. The molecule has 1 aromatic heterocycles. The first-order valence-electron chi connectivity index (χ1n) is 11.9. The first-order valence-corrected chi connectivity index (χ1v) is 13.3. The van der Waals surface area contributed by atoms with Crippen LogP contribution in [-0.2, 0) is 28.4 Å². The van der Waals surface area contributed by atoms with Crippen LogP contribution in [0.5, 0.6) is 5.75 Å². The van der Waals surface area contributed by atoms with Crippen molar-refractivity contribution in [3.05, 3.63) is 47.8 Å². The van der Waals surface area contributed by atoms with Gasteiger partial charge in [0.15, 0.2) is 0 Å². The Morgan fingerprint density at radius 1 is 1.09 bits per heavy atom. The molecule has 0 unspecified atom stereocenters. The minimum absolute atomic E-state index is 0.165. The van der Waals surface area contributed by atoms with Gasteiger partial charge in [-0.05, 0) is 36.6 Å².